The van der Waals surface area contributed by atoms with E-state index in [1.807, 2.05) is 18.2 Å². The summed E-state index contributed by atoms with van der Waals surface area (Å²) in [6.45, 7) is 2.26. The van der Waals surface area contributed by atoms with Gasteiger partial charge in [0, 0.05) is 52.5 Å². The predicted octanol–water partition coefficient (Wildman–Crippen LogP) is 0.921. The van der Waals surface area contributed by atoms with Crippen molar-refractivity contribution >= 4 is 18.0 Å². The Morgan fingerprint density at radius 1 is 1.14 bits per heavy atom. The van der Waals surface area contributed by atoms with Crippen LogP contribution in [0, 0.1) is 0 Å². The van der Waals surface area contributed by atoms with Gasteiger partial charge in [-0.05, 0) is 18.2 Å². The van der Waals surface area contributed by atoms with Crippen LogP contribution in [-0.2, 0) is 4.79 Å². The van der Waals surface area contributed by atoms with Crippen LogP contribution in [0.25, 0.3) is 6.08 Å². The van der Waals surface area contributed by atoms with E-state index in [0.29, 0.717) is 26.2 Å². The van der Waals surface area contributed by atoms with Crippen LogP contribution in [0.3, 0.4) is 0 Å². The molecule has 1 fully saturated rings. The summed E-state index contributed by atoms with van der Waals surface area (Å²) in [5, 5.41) is 0. The van der Waals surface area contributed by atoms with Gasteiger partial charge in [-0.15, -0.1) is 0 Å². The van der Waals surface area contributed by atoms with Gasteiger partial charge in [0.05, 0.1) is 5.69 Å². The molecule has 2 rings (SSSR count). The average Bonchev–Trinajstić information content (AvgIpc) is 2.53. The summed E-state index contributed by atoms with van der Waals surface area (Å²) in [7, 11) is 3.46. The summed E-state index contributed by atoms with van der Waals surface area (Å²) in [6, 6.07) is 5.55. The van der Waals surface area contributed by atoms with Crippen molar-refractivity contribution in [2.75, 3.05) is 40.3 Å². The highest BCUT2D eigenvalue weighted by molar-refractivity contribution is 5.91. The summed E-state index contributed by atoms with van der Waals surface area (Å²) >= 11 is 0. The number of hydrogen-bond donors (Lipinski definition) is 0. The smallest absolute Gasteiger partial charge is 0.319 e. The Balaban J connectivity index is 1.86. The molecule has 1 aliphatic rings. The molecule has 1 saturated heterocycles. The SMILES string of the molecule is CN(C)C(=O)N1CCN(C(=O)/C=C/c2ccccn2)CC1. The summed E-state index contributed by atoms with van der Waals surface area (Å²) < 4.78 is 0. The van der Waals surface area contributed by atoms with E-state index in [4.69, 9.17) is 0 Å². The van der Waals surface area contributed by atoms with Gasteiger partial charge in [0.2, 0.25) is 5.91 Å². The average molecular weight is 288 g/mol. The van der Waals surface area contributed by atoms with Crippen molar-refractivity contribution < 1.29 is 9.59 Å². The molecule has 1 aromatic heterocycles. The van der Waals surface area contributed by atoms with Gasteiger partial charge in [-0.1, -0.05) is 6.07 Å². The van der Waals surface area contributed by atoms with Gasteiger partial charge >= 0.3 is 6.03 Å². The Morgan fingerprint density at radius 3 is 2.38 bits per heavy atom. The van der Waals surface area contributed by atoms with E-state index in [1.54, 1.807) is 41.1 Å². The quantitative estimate of drug-likeness (QED) is 0.760. The van der Waals surface area contributed by atoms with Crippen LogP contribution in [0.5, 0.6) is 0 Å². The fourth-order valence-electron chi connectivity index (χ4n) is 2.14. The standard InChI is InChI=1S/C15H20N4O2/c1-17(2)15(21)19-11-9-18(10-12-19)14(20)7-6-13-5-3-4-8-16-13/h3-8H,9-12H2,1-2H3/b7-6+. The third kappa shape index (κ3) is 4.05. The number of piperazine rings is 1. The van der Waals surface area contributed by atoms with Crippen LogP contribution >= 0.6 is 0 Å². The molecule has 0 spiro atoms. The number of urea groups is 1. The number of aromatic nitrogens is 1. The van der Waals surface area contributed by atoms with Gasteiger partial charge in [0.1, 0.15) is 0 Å². The maximum absolute atomic E-state index is 12.1. The van der Waals surface area contributed by atoms with E-state index in [2.05, 4.69) is 4.98 Å². The minimum atomic E-state index is -0.0439. The molecule has 6 heteroatoms. The second-order valence-electron chi connectivity index (χ2n) is 5.08. The molecule has 2 heterocycles. The summed E-state index contributed by atoms with van der Waals surface area (Å²) in [5.74, 6) is -0.0439. The number of pyridine rings is 1. The molecule has 0 bridgehead atoms. The highest BCUT2D eigenvalue weighted by Gasteiger charge is 2.23. The van der Waals surface area contributed by atoms with Gasteiger partial charge in [0.25, 0.3) is 0 Å². The molecule has 112 valence electrons. The number of rotatable bonds is 2. The zero-order chi connectivity index (χ0) is 15.2. The molecule has 0 atom stereocenters. The molecule has 3 amide bonds. The van der Waals surface area contributed by atoms with E-state index < -0.39 is 0 Å². The third-order valence-corrected chi connectivity index (χ3v) is 3.33. The van der Waals surface area contributed by atoms with Crippen molar-refractivity contribution in [1.29, 1.82) is 0 Å². The number of amides is 3. The van der Waals surface area contributed by atoms with Crippen LogP contribution in [0.15, 0.2) is 30.5 Å². The van der Waals surface area contributed by atoms with Crippen molar-refractivity contribution in [3.05, 3.63) is 36.2 Å². The van der Waals surface area contributed by atoms with Gasteiger partial charge < -0.3 is 14.7 Å². The van der Waals surface area contributed by atoms with Crippen LogP contribution in [0.4, 0.5) is 4.79 Å². The Kier molecular flexibility index (Phi) is 4.92. The first-order valence-corrected chi connectivity index (χ1v) is 6.92. The Morgan fingerprint density at radius 2 is 1.81 bits per heavy atom. The predicted molar refractivity (Wildman–Crippen MR) is 80.5 cm³/mol. The Bertz CT molecular complexity index is 520. The first kappa shape index (κ1) is 15.0. The highest BCUT2D eigenvalue weighted by Crippen LogP contribution is 2.06. The zero-order valence-electron chi connectivity index (χ0n) is 12.4. The number of carbonyl (C=O) groups excluding carboxylic acids is 2. The van der Waals surface area contributed by atoms with Gasteiger partial charge in [-0.25, -0.2) is 4.79 Å². The van der Waals surface area contributed by atoms with E-state index in [-0.39, 0.29) is 11.9 Å². The molecule has 0 N–H and O–H groups in total. The van der Waals surface area contributed by atoms with E-state index in [1.165, 1.54) is 6.08 Å². The highest BCUT2D eigenvalue weighted by atomic mass is 16.2. The monoisotopic (exact) mass is 288 g/mol. The fourth-order valence-corrected chi connectivity index (χ4v) is 2.14. The number of hydrogen-bond acceptors (Lipinski definition) is 3. The van der Waals surface area contributed by atoms with Crippen LogP contribution in [0.2, 0.25) is 0 Å². The molecule has 0 unspecified atom stereocenters. The van der Waals surface area contributed by atoms with E-state index in [0.717, 1.165) is 5.69 Å². The van der Waals surface area contributed by atoms with E-state index in [9.17, 15) is 9.59 Å². The lowest BCUT2D eigenvalue weighted by Gasteiger charge is -2.35. The van der Waals surface area contributed by atoms with Crippen molar-refractivity contribution in [2.24, 2.45) is 0 Å². The molecule has 0 aromatic carbocycles. The first-order valence-electron chi connectivity index (χ1n) is 6.92. The van der Waals surface area contributed by atoms with Gasteiger partial charge in [-0.2, -0.15) is 0 Å². The molecule has 1 aromatic rings. The number of carbonyl (C=O) groups is 2. The molecule has 21 heavy (non-hydrogen) atoms. The van der Waals surface area contributed by atoms with E-state index >= 15 is 0 Å². The van der Waals surface area contributed by atoms with Crippen molar-refractivity contribution in [3.63, 3.8) is 0 Å². The van der Waals surface area contributed by atoms with Gasteiger partial charge in [-0.3, -0.25) is 9.78 Å². The minimum Gasteiger partial charge on any atom is -0.336 e. The molecule has 0 radical (unpaired) electrons. The maximum Gasteiger partial charge on any atom is 0.319 e. The fraction of sp³-hybridized carbons (Fsp3) is 0.400. The second kappa shape index (κ2) is 6.88. The van der Waals surface area contributed by atoms with Gasteiger partial charge in [0.15, 0.2) is 0 Å². The minimum absolute atomic E-state index is 0.00822. The normalized spacial score (nSPS) is 15.3. The van der Waals surface area contributed by atoms with Crippen LogP contribution in [-0.4, -0.2) is 71.9 Å². The molecule has 6 nitrogen and oxygen atoms in total. The second-order valence-corrected chi connectivity index (χ2v) is 5.08. The molecular formula is C15H20N4O2. The summed E-state index contributed by atoms with van der Waals surface area (Å²) in [4.78, 5) is 33.1. The molecule has 0 saturated carbocycles. The third-order valence-electron chi connectivity index (χ3n) is 3.33. The molecular weight excluding hydrogens is 268 g/mol. The summed E-state index contributed by atoms with van der Waals surface area (Å²) in [5.41, 5.74) is 0.757. The Hall–Kier alpha value is -2.37. The Labute approximate surface area is 124 Å². The van der Waals surface area contributed by atoms with Crippen LogP contribution in [0.1, 0.15) is 5.69 Å². The lowest BCUT2D eigenvalue weighted by Crippen LogP contribution is -2.52. The molecule has 1 aliphatic heterocycles. The number of nitrogens with zero attached hydrogens (tertiary/aromatic N) is 4. The van der Waals surface area contributed by atoms with Crippen molar-refractivity contribution in [1.82, 2.24) is 19.7 Å². The molecule has 0 aliphatic carbocycles. The summed E-state index contributed by atoms with van der Waals surface area (Å²) in [6.07, 6.45) is 4.93. The van der Waals surface area contributed by atoms with Crippen molar-refractivity contribution in [3.8, 4) is 0 Å². The lowest BCUT2D eigenvalue weighted by molar-refractivity contribution is -0.127. The zero-order valence-corrected chi connectivity index (χ0v) is 12.4. The first-order chi connectivity index (χ1) is 10.1. The topological polar surface area (TPSA) is 56.8 Å². The van der Waals surface area contributed by atoms with Crippen LogP contribution < -0.4 is 0 Å². The largest absolute Gasteiger partial charge is 0.336 e. The lowest BCUT2D eigenvalue weighted by atomic mass is 10.3. The maximum atomic E-state index is 12.1. The van der Waals surface area contributed by atoms with Crippen molar-refractivity contribution in [2.45, 2.75) is 0 Å².